The van der Waals surface area contributed by atoms with Gasteiger partial charge in [-0.1, -0.05) is 41.9 Å². The number of carbonyl (C=O) groups excluding carboxylic acids is 2. The van der Waals surface area contributed by atoms with Gasteiger partial charge in [0.1, 0.15) is 12.6 Å². The van der Waals surface area contributed by atoms with E-state index in [2.05, 4.69) is 5.32 Å². The number of aryl methyl sites for hydroxylation is 2. The molecule has 0 radical (unpaired) electrons. The van der Waals surface area contributed by atoms with Gasteiger partial charge in [0.25, 0.3) is 0 Å². The zero-order chi connectivity index (χ0) is 24.1. The summed E-state index contributed by atoms with van der Waals surface area (Å²) in [4.78, 5) is 27.3. The molecule has 32 heavy (non-hydrogen) atoms. The van der Waals surface area contributed by atoms with E-state index in [0.717, 1.165) is 21.7 Å². The second kappa shape index (κ2) is 10.8. The first-order valence-electron chi connectivity index (χ1n) is 10.3. The van der Waals surface area contributed by atoms with E-state index >= 15 is 0 Å². The Kier molecular flexibility index (Phi) is 8.69. The number of benzene rings is 2. The number of likely N-dealkylation sites (N-methyl/N-ethyl adjacent to an activating group) is 1. The maximum absolute atomic E-state index is 13.4. The highest BCUT2D eigenvalue weighted by Gasteiger charge is 2.30. The lowest BCUT2D eigenvalue weighted by Gasteiger charge is -2.32. The van der Waals surface area contributed by atoms with Crippen LogP contribution in [0, 0.1) is 13.8 Å². The van der Waals surface area contributed by atoms with Crippen molar-refractivity contribution in [3.8, 4) is 0 Å². The third-order valence-electron chi connectivity index (χ3n) is 5.13. The van der Waals surface area contributed by atoms with Crippen LogP contribution in [0.15, 0.2) is 42.5 Å². The van der Waals surface area contributed by atoms with Crippen LogP contribution >= 0.6 is 11.6 Å². The monoisotopic (exact) mass is 479 g/mol. The first-order chi connectivity index (χ1) is 15.0. The molecule has 0 spiro atoms. The van der Waals surface area contributed by atoms with Crippen molar-refractivity contribution in [1.29, 1.82) is 0 Å². The van der Waals surface area contributed by atoms with E-state index in [0.29, 0.717) is 22.8 Å². The Hall–Kier alpha value is -2.58. The van der Waals surface area contributed by atoms with Crippen LogP contribution in [0.3, 0.4) is 0 Å². The van der Waals surface area contributed by atoms with Gasteiger partial charge < -0.3 is 10.2 Å². The van der Waals surface area contributed by atoms with E-state index in [1.54, 1.807) is 51.1 Å². The highest BCUT2D eigenvalue weighted by molar-refractivity contribution is 7.92. The van der Waals surface area contributed by atoms with Gasteiger partial charge in [0, 0.05) is 18.1 Å². The van der Waals surface area contributed by atoms with Crippen molar-refractivity contribution in [2.45, 2.75) is 40.3 Å². The molecule has 2 aromatic rings. The van der Waals surface area contributed by atoms with E-state index < -0.39 is 28.5 Å². The number of rotatable bonds is 9. The summed E-state index contributed by atoms with van der Waals surface area (Å²) in [5.41, 5.74) is 2.69. The maximum atomic E-state index is 13.4. The molecule has 9 heteroatoms. The van der Waals surface area contributed by atoms with E-state index in [9.17, 15) is 18.0 Å². The number of carbonyl (C=O) groups is 2. The smallest absolute Gasteiger partial charge is 0.244 e. The number of hydrogen-bond donors (Lipinski definition) is 1. The Morgan fingerprint density at radius 3 is 2.38 bits per heavy atom. The summed E-state index contributed by atoms with van der Waals surface area (Å²) in [6.45, 7) is 7.09. The Morgan fingerprint density at radius 1 is 1.12 bits per heavy atom. The number of anilines is 1. The van der Waals surface area contributed by atoms with Crippen LogP contribution in [0.25, 0.3) is 0 Å². The minimum atomic E-state index is -3.76. The molecule has 0 aliphatic rings. The van der Waals surface area contributed by atoms with Crippen LogP contribution in [-0.4, -0.2) is 50.5 Å². The summed E-state index contributed by atoms with van der Waals surface area (Å²) in [5.74, 6) is -0.833. The molecule has 174 valence electrons. The molecule has 0 saturated carbocycles. The van der Waals surface area contributed by atoms with Crippen molar-refractivity contribution in [3.63, 3.8) is 0 Å². The Balaban J connectivity index is 2.45. The molecule has 0 aliphatic carbocycles. The summed E-state index contributed by atoms with van der Waals surface area (Å²) in [5, 5.41) is 3.18. The average molecular weight is 480 g/mol. The fourth-order valence-corrected chi connectivity index (χ4v) is 4.39. The summed E-state index contributed by atoms with van der Waals surface area (Å²) in [6, 6.07) is 11.6. The van der Waals surface area contributed by atoms with Crippen molar-refractivity contribution in [3.05, 3.63) is 64.2 Å². The Labute approximate surface area is 195 Å². The van der Waals surface area contributed by atoms with Gasteiger partial charge in [0.15, 0.2) is 0 Å². The second-order valence-corrected chi connectivity index (χ2v) is 10.1. The molecule has 0 aliphatic heterocycles. The Bertz CT molecular complexity index is 1090. The SMILES string of the molecule is CCNC(=O)[C@@H](C)N(Cc1ccccc1Cl)C(=O)CN(c1cc(C)ccc1C)S(C)(=O)=O. The largest absolute Gasteiger partial charge is 0.355 e. The fraction of sp³-hybridized carbons (Fsp3) is 0.391. The van der Waals surface area contributed by atoms with E-state index in [4.69, 9.17) is 11.6 Å². The van der Waals surface area contributed by atoms with E-state index in [1.165, 1.54) is 4.90 Å². The zero-order valence-electron chi connectivity index (χ0n) is 19.1. The van der Waals surface area contributed by atoms with Gasteiger partial charge in [0.2, 0.25) is 21.8 Å². The van der Waals surface area contributed by atoms with Crippen molar-refractivity contribution in [2.75, 3.05) is 23.7 Å². The van der Waals surface area contributed by atoms with Crippen molar-refractivity contribution in [2.24, 2.45) is 0 Å². The van der Waals surface area contributed by atoms with Crippen molar-refractivity contribution >= 4 is 39.1 Å². The molecule has 0 bridgehead atoms. The fourth-order valence-electron chi connectivity index (χ4n) is 3.30. The molecule has 0 fully saturated rings. The lowest BCUT2D eigenvalue weighted by atomic mass is 10.1. The third-order valence-corrected chi connectivity index (χ3v) is 6.62. The van der Waals surface area contributed by atoms with Gasteiger partial charge in [0.05, 0.1) is 11.9 Å². The predicted molar refractivity (Wildman–Crippen MR) is 128 cm³/mol. The normalized spacial score (nSPS) is 12.2. The first-order valence-corrected chi connectivity index (χ1v) is 12.5. The summed E-state index contributed by atoms with van der Waals surface area (Å²) < 4.78 is 26.3. The minimum absolute atomic E-state index is 0.0706. The van der Waals surface area contributed by atoms with E-state index in [1.807, 2.05) is 19.1 Å². The highest BCUT2D eigenvalue weighted by atomic mass is 35.5. The number of nitrogens with one attached hydrogen (secondary N) is 1. The molecule has 0 heterocycles. The van der Waals surface area contributed by atoms with Gasteiger partial charge in [-0.15, -0.1) is 0 Å². The lowest BCUT2D eigenvalue weighted by Crippen LogP contribution is -2.51. The van der Waals surface area contributed by atoms with Gasteiger partial charge >= 0.3 is 0 Å². The summed E-state index contributed by atoms with van der Waals surface area (Å²) in [6.07, 6.45) is 1.06. The molecule has 1 atom stereocenters. The maximum Gasteiger partial charge on any atom is 0.244 e. The standard InChI is InChI=1S/C23H30ClN3O4S/c1-6-25-23(29)18(4)26(14-19-9-7-8-10-20(19)24)22(28)15-27(32(5,30)31)21-13-16(2)11-12-17(21)3/h7-13,18H,6,14-15H2,1-5H3,(H,25,29)/t18-/m1/s1. The zero-order valence-corrected chi connectivity index (χ0v) is 20.6. The predicted octanol–water partition coefficient (Wildman–Crippen LogP) is 3.28. The minimum Gasteiger partial charge on any atom is -0.355 e. The van der Waals surface area contributed by atoms with Crippen LogP contribution in [0.1, 0.15) is 30.5 Å². The molecule has 0 saturated heterocycles. The summed E-state index contributed by atoms with van der Waals surface area (Å²) in [7, 11) is -3.76. The van der Waals surface area contributed by atoms with Crippen LogP contribution in [0.4, 0.5) is 5.69 Å². The lowest BCUT2D eigenvalue weighted by molar-refractivity contribution is -0.139. The van der Waals surface area contributed by atoms with Gasteiger partial charge in [-0.2, -0.15) is 0 Å². The number of hydrogen-bond acceptors (Lipinski definition) is 4. The van der Waals surface area contributed by atoms with Gasteiger partial charge in [-0.3, -0.25) is 13.9 Å². The van der Waals surface area contributed by atoms with Crippen molar-refractivity contribution in [1.82, 2.24) is 10.2 Å². The summed E-state index contributed by atoms with van der Waals surface area (Å²) >= 11 is 6.29. The molecular formula is C23H30ClN3O4S. The molecule has 0 unspecified atom stereocenters. The number of halogens is 1. The van der Waals surface area contributed by atoms with E-state index in [-0.39, 0.29) is 12.5 Å². The van der Waals surface area contributed by atoms with Crippen LogP contribution in [0.2, 0.25) is 5.02 Å². The van der Waals surface area contributed by atoms with Crippen LogP contribution in [0.5, 0.6) is 0 Å². The highest BCUT2D eigenvalue weighted by Crippen LogP contribution is 2.25. The third kappa shape index (κ3) is 6.46. The molecule has 7 nitrogen and oxygen atoms in total. The molecule has 1 N–H and O–H groups in total. The van der Waals surface area contributed by atoms with Crippen molar-refractivity contribution < 1.29 is 18.0 Å². The second-order valence-electron chi connectivity index (χ2n) is 7.74. The van der Waals surface area contributed by atoms with Crippen LogP contribution in [-0.2, 0) is 26.2 Å². The quantitative estimate of drug-likeness (QED) is 0.598. The van der Waals surface area contributed by atoms with Gasteiger partial charge in [-0.25, -0.2) is 8.42 Å². The van der Waals surface area contributed by atoms with Crippen LogP contribution < -0.4 is 9.62 Å². The molecule has 0 aromatic heterocycles. The molecule has 2 aromatic carbocycles. The average Bonchev–Trinajstić information content (AvgIpc) is 2.72. The number of nitrogens with zero attached hydrogens (tertiary/aromatic N) is 2. The molecular weight excluding hydrogens is 450 g/mol. The molecule has 2 amide bonds. The topological polar surface area (TPSA) is 86.8 Å². The first kappa shape index (κ1) is 25.7. The number of sulfonamides is 1. The molecule has 2 rings (SSSR count). The van der Waals surface area contributed by atoms with Gasteiger partial charge in [-0.05, 0) is 56.5 Å². The Morgan fingerprint density at radius 2 is 1.78 bits per heavy atom. The number of amides is 2.